The summed E-state index contributed by atoms with van der Waals surface area (Å²) in [6.07, 6.45) is 4.52. The minimum atomic E-state index is -0.0767. The van der Waals surface area contributed by atoms with Crippen LogP contribution in [0.3, 0.4) is 0 Å². The Balaban J connectivity index is 2.21. The van der Waals surface area contributed by atoms with E-state index in [-0.39, 0.29) is 17.2 Å². The maximum Gasteiger partial charge on any atom is 0.227 e. The van der Waals surface area contributed by atoms with Gasteiger partial charge in [-0.25, -0.2) is 0 Å². The predicted octanol–water partition coefficient (Wildman–Crippen LogP) is 1.87. The highest BCUT2D eigenvalue weighted by atomic mass is 16.2. The maximum atomic E-state index is 11.5. The van der Waals surface area contributed by atoms with Gasteiger partial charge in [0.2, 0.25) is 11.8 Å². The molecule has 0 aromatic heterocycles. The highest BCUT2D eigenvalue weighted by molar-refractivity contribution is 5.98. The van der Waals surface area contributed by atoms with Crippen molar-refractivity contribution in [2.75, 3.05) is 0 Å². The third-order valence-electron chi connectivity index (χ3n) is 4.20. The number of amides is 2. The van der Waals surface area contributed by atoms with Gasteiger partial charge in [0.1, 0.15) is 0 Å². The van der Waals surface area contributed by atoms with E-state index in [1.165, 1.54) is 6.42 Å². The van der Waals surface area contributed by atoms with Crippen molar-refractivity contribution in [2.45, 2.75) is 46.0 Å². The molecule has 1 spiro atoms. The minimum Gasteiger partial charge on any atom is -0.296 e. The Morgan fingerprint density at radius 2 is 1.73 bits per heavy atom. The fourth-order valence-electron chi connectivity index (χ4n) is 3.28. The summed E-state index contributed by atoms with van der Waals surface area (Å²) in [5.74, 6) is 1.00. The van der Waals surface area contributed by atoms with Gasteiger partial charge >= 0.3 is 0 Å². The van der Waals surface area contributed by atoms with E-state index in [9.17, 15) is 9.59 Å². The van der Waals surface area contributed by atoms with Crippen LogP contribution in [0.4, 0.5) is 0 Å². The molecule has 2 fully saturated rings. The first-order valence-corrected chi connectivity index (χ1v) is 5.84. The molecule has 2 rings (SSSR count). The first kappa shape index (κ1) is 10.7. The van der Waals surface area contributed by atoms with Crippen LogP contribution >= 0.6 is 0 Å². The zero-order chi connectivity index (χ0) is 11.1. The number of hydrogen-bond acceptors (Lipinski definition) is 2. The second-order valence-electron chi connectivity index (χ2n) is 5.47. The fourth-order valence-corrected chi connectivity index (χ4v) is 3.28. The summed E-state index contributed by atoms with van der Waals surface area (Å²) < 4.78 is 0. The summed E-state index contributed by atoms with van der Waals surface area (Å²) >= 11 is 0. The lowest BCUT2D eigenvalue weighted by Crippen LogP contribution is -2.49. The molecule has 1 N–H and O–H groups in total. The van der Waals surface area contributed by atoms with Crippen LogP contribution in [0.2, 0.25) is 0 Å². The van der Waals surface area contributed by atoms with Crippen LogP contribution in [0.1, 0.15) is 46.0 Å². The Morgan fingerprint density at radius 3 is 2.33 bits per heavy atom. The SMILES string of the molecule is CC1CCC(C)C2(CC(=O)NC(=O)C2)C1. The molecule has 1 saturated heterocycles. The molecule has 3 nitrogen and oxygen atoms in total. The van der Waals surface area contributed by atoms with E-state index in [0.717, 1.165) is 12.8 Å². The normalized spacial score (nSPS) is 35.3. The molecule has 84 valence electrons. The molecule has 0 aromatic carbocycles. The third-order valence-corrected chi connectivity index (χ3v) is 4.20. The molecule has 1 saturated carbocycles. The molecular weight excluding hydrogens is 190 g/mol. The maximum absolute atomic E-state index is 11.5. The van der Waals surface area contributed by atoms with E-state index in [1.807, 2.05) is 0 Å². The van der Waals surface area contributed by atoms with Gasteiger partial charge in [-0.1, -0.05) is 20.3 Å². The van der Waals surface area contributed by atoms with Crippen LogP contribution < -0.4 is 5.32 Å². The van der Waals surface area contributed by atoms with Crippen molar-refractivity contribution in [2.24, 2.45) is 17.3 Å². The van der Waals surface area contributed by atoms with Gasteiger partial charge in [0.25, 0.3) is 0 Å². The Morgan fingerprint density at radius 1 is 1.13 bits per heavy atom. The molecule has 2 aliphatic rings. The second-order valence-corrected chi connectivity index (χ2v) is 5.47. The topological polar surface area (TPSA) is 46.2 Å². The number of rotatable bonds is 0. The van der Waals surface area contributed by atoms with Gasteiger partial charge in [-0.05, 0) is 30.1 Å². The standard InChI is InChI=1S/C12H19NO2/c1-8-3-4-9(2)12(5-8)6-10(14)13-11(15)7-12/h8-9H,3-7H2,1-2H3,(H,13,14,15). The molecule has 1 heterocycles. The molecule has 0 aromatic rings. The van der Waals surface area contributed by atoms with Gasteiger partial charge in [-0.15, -0.1) is 0 Å². The van der Waals surface area contributed by atoms with Crippen molar-refractivity contribution in [1.29, 1.82) is 0 Å². The number of hydrogen-bond donors (Lipinski definition) is 1. The van der Waals surface area contributed by atoms with E-state index in [0.29, 0.717) is 24.7 Å². The van der Waals surface area contributed by atoms with Gasteiger partial charge in [0, 0.05) is 12.8 Å². The average molecular weight is 209 g/mol. The fraction of sp³-hybridized carbons (Fsp3) is 0.833. The van der Waals surface area contributed by atoms with E-state index in [2.05, 4.69) is 19.2 Å². The molecule has 3 heteroatoms. The molecule has 0 bridgehead atoms. The summed E-state index contributed by atoms with van der Waals surface area (Å²) in [5.41, 5.74) is -0.0307. The monoisotopic (exact) mass is 209 g/mol. The summed E-state index contributed by atoms with van der Waals surface area (Å²) in [4.78, 5) is 22.9. The molecule has 15 heavy (non-hydrogen) atoms. The van der Waals surface area contributed by atoms with Crippen molar-refractivity contribution in [3.05, 3.63) is 0 Å². The van der Waals surface area contributed by atoms with Crippen molar-refractivity contribution in [3.63, 3.8) is 0 Å². The highest BCUT2D eigenvalue weighted by Gasteiger charge is 2.46. The predicted molar refractivity (Wildman–Crippen MR) is 57.0 cm³/mol. The van der Waals surface area contributed by atoms with Crippen LogP contribution in [0.25, 0.3) is 0 Å². The molecule has 2 atom stereocenters. The summed E-state index contributed by atoms with van der Waals surface area (Å²) in [6.45, 7) is 4.42. The van der Waals surface area contributed by atoms with Crippen LogP contribution in [-0.4, -0.2) is 11.8 Å². The highest BCUT2D eigenvalue weighted by Crippen LogP contribution is 2.49. The Hall–Kier alpha value is -0.860. The number of imide groups is 1. The van der Waals surface area contributed by atoms with Crippen molar-refractivity contribution >= 4 is 11.8 Å². The number of carbonyl (C=O) groups is 2. The first-order valence-electron chi connectivity index (χ1n) is 5.84. The summed E-state index contributed by atoms with van der Waals surface area (Å²) in [6, 6.07) is 0. The summed E-state index contributed by atoms with van der Waals surface area (Å²) in [7, 11) is 0. The van der Waals surface area contributed by atoms with E-state index in [4.69, 9.17) is 0 Å². The number of nitrogens with one attached hydrogen (secondary N) is 1. The number of carbonyl (C=O) groups excluding carboxylic acids is 2. The molecule has 2 amide bonds. The zero-order valence-corrected chi connectivity index (χ0v) is 9.51. The minimum absolute atomic E-state index is 0.0307. The largest absolute Gasteiger partial charge is 0.296 e. The van der Waals surface area contributed by atoms with E-state index >= 15 is 0 Å². The molecule has 1 aliphatic carbocycles. The molecule has 0 radical (unpaired) electrons. The smallest absolute Gasteiger partial charge is 0.227 e. The van der Waals surface area contributed by atoms with Crippen LogP contribution in [-0.2, 0) is 9.59 Å². The second kappa shape index (κ2) is 3.62. The van der Waals surface area contributed by atoms with Crippen LogP contribution in [0.15, 0.2) is 0 Å². The van der Waals surface area contributed by atoms with Crippen molar-refractivity contribution in [1.82, 2.24) is 5.32 Å². The quantitative estimate of drug-likeness (QED) is 0.619. The lowest BCUT2D eigenvalue weighted by molar-refractivity contribution is -0.141. The van der Waals surface area contributed by atoms with Gasteiger partial charge in [0.15, 0.2) is 0 Å². The van der Waals surface area contributed by atoms with Crippen molar-refractivity contribution < 1.29 is 9.59 Å². The number of piperidine rings is 1. The van der Waals surface area contributed by atoms with Gasteiger partial charge in [-0.2, -0.15) is 0 Å². The Kier molecular flexibility index (Phi) is 2.57. The van der Waals surface area contributed by atoms with Gasteiger partial charge in [0.05, 0.1) is 0 Å². The zero-order valence-electron chi connectivity index (χ0n) is 9.51. The first-order chi connectivity index (χ1) is 7.02. The van der Waals surface area contributed by atoms with Gasteiger partial charge < -0.3 is 0 Å². The lowest BCUT2D eigenvalue weighted by atomic mass is 9.59. The average Bonchev–Trinajstić information content (AvgIpc) is 2.10. The van der Waals surface area contributed by atoms with Crippen LogP contribution in [0.5, 0.6) is 0 Å². The molecule has 1 aliphatic heterocycles. The Labute approximate surface area is 90.6 Å². The molecule has 2 unspecified atom stereocenters. The van der Waals surface area contributed by atoms with E-state index < -0.39 is 0 Å². The molecular formula is C12H19NO2. The Bertz CT molecular complexity index is 282. The lowest BCUT2D eigenvalue weighted by Gasteiger charge is -2.46. The van der Waals surface area contributed by atoms with Crippen molar-refractivity contribution in [3.8, 4) is 0 Å². The third kappa shape index (κ3) is 1.92. The van der Waals surface area contributed by atoms with E-state index in [1.54, 1.807) is 0 Å². The summed E-state index contributed by atoms with van der Waals surface area (Å²) in [5, 5.41) is 2.41. The van der Waals surface area contributed by atoms with Gasteiger partial charge in [-0.3, -0.25) is 14.9 Å². The van der Waals surface area contributed by atoms with Crippen LogP contribution in [0, 0.1) is 17.3 Å².